The van der Waals surface area contributed by atoms with E-state index in [2.05, 4.69) is 21.2 Å². The van der Waals surface area contributed by atoms with Gasteiger partial charge in [-0.15, -0.1) is 0 Å². The summed E-state index contributed by atoms with van der Waals surface area (Å²) in [6.07, 6.45) is 0. The second-order valence-corrected chi connectivity index (χ2v) is 6.26. The lowest BCUT2D eigenvalue weighted by Crippen LogP contribution is -2.23. The third-order valence-corrected chi connectivity index (χ3v) is 4.18. The lowest BCUT2D eigenvalue weighted by atomic mass is 9.95. The van der Waals surface area contributed by atoms with Crippen LogP contribution in [0.15, 0.2) is 77.3 Å². The Morgan fingerprint density at radius 3 is 2.04 bits per heavy atom. The number of hydrogen-bond donors (Lipinski definition) is 1. The number of amides is 1. The number of carboxylic acid groups (broad SMARTS) is 1. The number of nitrogens with one attached hydrogen (secondary N) is 1. The van der Waals surface area contributed by atoms with Gasteiger partial charge < -0.3 is 15.2 Å². The Labute approximate surface area is 153 Å². The highest BCUT2D eigenvalue weighted by atomic mass is 79.9. The normalized spacial score (nSPS) is 10.3. The highest BCUT2D eigenvalue weighted by molar-refractivity contribution is 9.10. The quantitative estimate of drug-likeness (QED) is 0.732. The number of carbonyl (C=O) groups excluding carboxylic acids is 2. The molecule has 0 aromatic heterocycles. The molecule has 25 heavy (non-hydrogen) atoms. The first-order valence-electron chi connectivity index (χ1n) is 7.53. The fourth-order valence-electron chi connectivity index (χ4n) is 2.58. The number of carboxylic acids is 1. The van der Waals surface area contributed by atoms with Crippen LogP contribution in [0.5, 0.6) is 0 Å². The molecule has 1 N–H and O–H groups in total. The van der Waals surface area contributed by atoms with Crippen molar-refractivity contribution in [2.75, 3.05) is 5.32 Å². The Kier molecular flexibility index (Phi) is 4.95. The molecule has 0 aliphatic rings. The topological polar surface area (TPSA) is 69.2 Å². The van der Waals surface area contributed by atoms with E-state index in [4.69, 9.17) is 0 Å². The zero-order valence-electron chi connectivity index (χ0n) is 13.0. The number of rotatable bonds is 4. The molecule has 3 rings (SSSR count). The predicted molar refractivity (Wildman–Crippen MR) is 98.3 cm³/mol. The first-order chi connectivity index (χ1) is 12.1. The van der Waals surface area contributed by atoms with Gasteiger partial charge in [0.25, 0.3) is 5.91 Å². The van der Waals surface area contributed by atoms with Crippen LogP contribution < -0.4 is 10.4 Å². The average Bonchev–Trinajstić information content (AvgIpc) is 2.61. The minimum atomic E-state index is -1.28. The van der Waals surface area contributed by atoms with E-state index in [0.29, 0.717) is 22.4 Å². The summed E-state index contributed by atoms with van der Waals surface area (Å²) in [5.74, 6) is -1.60. The summed E-state index contributed by atoms with van der Waals surface area (Å²) in [5.41, 5.74) is 2.06. The lowest BCUT2D eigenvalue weighted by molar-refractivity contribution is -0.254. The van der Waals surface area contributed by atoms with Gasteiger partial charge in [-0.25, -0.2) is 0 Å². The molecule has 0 radical (unpaired) electrons. The van der Waals surface area contributed by atoms with Gasteiger partial charge in [0.2, 0.25) is 0 Å². The molecule has 5 heteroatoms. The number of hydrogen-bond acceptors (Lipinski definition) is 3. The summed E-state index contributed by atoms with van der Waals surface area (Å²) in [6.45, 7) is 0. The predicted octanol–water partition coefficient (Wildman–Crippen LogP) is 3.73. The number of aromatic carboxylic acids is 1. The van der Waals surface area contributed by atoms with Crippen molar-refractivity contribution in [3.05, 3.63) is 88.4 Å². The van der Waals surface area contributed by atoms with Gasteiger partial charge >= 0.3 is 0 Å². The van der Waals surface area contributed by atoms with E-state index in [9.17, 15) is 14.7 Å². The Bertz CT molecular complexity index is 953. The van der Waals surface area contributed by atoms with E-state index in [0.717, 1.165) is 4.47 Å². The van der Waals surface area contributed by atoms with Crippen molar-refractivity contribution in [1.29, 1.82) is 0 Å². The third kappa shape index (κ3) is 3.78. The summed E-state index contributed by atoms with van der Waals surface area (Å²) in [5, 5.41) is 14.2. The number of carbonyl (C=O) groups is 2. The maximum Gasteiger partial charge on any atom is 0.256 e. The first-order valence-corrected chi connectivity index (χ1v) is 8.32. The van der Waals surface area contributed by atoms with E-state index < -0.39 is 5.97 Å². The summed E-state index contributed by atoms with van der Waals surface area (Å²) < 4.78 is 0.848. The second kappa shape index (κ2) is 7.32. The Morgan fingerprint density at radius 2 is 1.40 bits per heavy atom. The molecule has 0 atom stereocenters. The van der Waals surface area contributed by atoms with Gasteiger partial charge in [-0.2, -0.15) is 0 Å². The van der Waals surface area contributed by atoms with Gasteiger partial charge in [0.15, 0.2) is 0 Å². The number of halogens is 1. The van der Waals surface area contributed by atoms with Crippen molar-refractivity contribution in [2.45, 2.75) is 0 Å². The summed E-state index contributed by atoms with van der Waals surface area (Å²) >= 11 is 3.36. The van der Waals surface area contributed by atoms with Crippen LogP contribution in [0.3, 0.4) is 0 Å². The highest BCUT2D eigenvalue weighted by Gasteiger charge is 2.15. The van der Waals surface area contributed by atoms with Crippen molar-refractivity contribution >= 4 is 33.5 Å². The van der Waals surface area contributed by atoms with Crippen LogP contribution in [0.25, 0.3) is 11.1 Å². The smallest absolute Gasteiger partial charge is 0.256 e. The van der Waals surface area contributed by atoms with Crippen LogP contribution in [0.1, 0.15) is 20.7 Å². The van der Waals surface area contributed by atoms with Gasteiger partial charge in [0.1, 0.15) is 0 Å². The number of anilines is 1. The van der Waals surface area contributed by atoms with Crippen LogP contribution >= 0.6 is 15.9 Å². The van der Waals surface area contributed by atoms with Crippen LogP contribution in [-0.2, 0) is 0 Å². The van der Waals surface area contributed by atoms with Gasteiger partial charge in [-0.1, -0.05) is 64.5 Å². The van der Waals surface area contributed by atoms with Crippen molar-refractivity contribution in [3.63, 3.8) is 0 Å². The largest absolute Gasteiger partial charge is 0.545 e. The Hall–Kier alpha value is -2.92. The summed E-state index contributed by atoms with van der Waals surface area (Å²) in [6, 6.07) is 20.6. The molecule has 0 spiro atoms. The molecule has 0 heterocycles. The maximum atomic E-state index is 12.7. The average molecular weight is 395 g/mol. The van der Waals surface area contributed by atoms with Gasteiger partial charge in [-0.05, 0) is 35.4 Å². The minimum absolute atomic E-state index is 0.0465. The molecule has 3 aromatic rings. The molecule has 0 bridgehead atoms. The highest BCUT2D eigenvalue weighted by Crippen LogP contribution is 2.28. The standard InChI is InChI=1S/C20H14BrNO3/c21-13-6-5-7-14(12-13)22-19(23)17-10-3-1-8-15(17)16-9-2-4-11-18(16)20(24)25/h1-12H,(H,22,23)(H,24,25)/p-1. The molecular formula is C20H13BrNO3-. The molecule has 0 saturated carbocycles. The van der Waals surface area contributed by atoms with Crippen LogP contribution in [-0.4, -0.2) is 11.9 Å². The third-order valence-electron chi connectivity index (χ3n) is 3.69. The van der Waals surface area contributed by atoms with Crippen molar-refractivity contribution in [1.82, 2.24) is 0 Å². The fraction of sp³-hybridized carbons (Fsp3) is 0. The van der Waals surface area contributed by atoms with E-state index in [1.807, 2.05) is 12.1 Å². The minimum Gasteiger partial charge on any atom is -0.545 e. The molecule has 0 saturated heterocycles. The molecule has 124 valence electrons. The molecule has 0 aliphatic carbocycles. The van der Waals surface area contributed by atoms with Crippen LogP contribution in [0.2, 0.25) is 0 Å². The zero-order valence-corrected chi connectivity index (χ0v) is 14.6. The van der Waals surface area contributed by atoms with Crippen molar-refractivity contribution in [3.8, 4) is 11.1 Å². The molecule has 0 unspecified atom stereocenters. The first kappa shape index (κ1) is 16.9. The summed E-state index contributed by atoms with van der Waals surface area (Å²) in [4.78, 5) is 24.1. The molecule has 0 fully saturated rings. The van der Waals surface area contributed by atoms with Crippen molar-refractivity contribution in [2.24, 2.45) is 0 Å². The molecule has 3 aromatic carbocycles. The van der Waals surface area contributed by atoms with Gasteiger partial charge in [0, 0.05) is 21.3 Å². The van der Waals surface area contributed by atoms with Gasteiger partial charge in [-0.3, -0.25) is 4.79 Å². The van der Waals surface area contributed by atoms with E-state index >= 15 is 0 Å². The second-order valence-electron chi connectivity index (χ2n) is 5.34. The van der Waals surface area contributed by atoms with E-state index in [1.54, 1.807) is 54.6 Å². The SMILES string of the molecule is O=C([O-])c1ccccc1-c1ccccc1C(=O)Nc1cccc(Br)c1. The summed E-state index contributed by atoms with van der Waals surface area (Å²) in [7, 11) is 0. The molecule has 1 amide bonds. The van der Waals surface area contributed by atoms with Crippen molar-refractivity contribution < 1.29 is 14.7 Å². The number of benzene rings is 3. The molecule has 0 aliphatic heterocycles. The van der Waals surface area contributed by atoms with E-state index in [-0.39, 0.29) is 11.5 Å². The molecule has 4 nitrogen and oxygen atoms in total. The lowest BCUT2D eigenvalue weighted by Gasteiger charge is -2.14. The Morgan fingerprint density at radius 1 is 0.800 bits per heavy atom. The maximum absolute atomic E-state index is 12.7. The zero-order chi connectivity index (χ0) is 17.8. The van der Waals surface area contributed by atoms with E-state index in [1.165, 1.54) is 6.07 Å². The fourth-order valence-corrected chi connectivity index (χ4v) is 2.98. The Balaban J connectivity index is 2.02. The molecular weight excluding hydrogens is 382 g/mol. The van der Waals surface area contributed by atoms with Crippen LogP contribution in [0.4, 0.5) is 5.69 Å². The monoisotopic (exact) mass is 394 g/mol. The van der Waals surface area contributed by atoms with Crippen LogP contribution in [0, 0.1) is 0 Å². The van der Waals surface area contributed by atoms with Gasteiger partial charge in [0.05, 0.1) is 5.97 Å².